The van der Waals surface area contributed by atoms with E-state index in [1.54, 1.807) is 0 Å². The molecule has 0 fully saturated rings. The van der Waals surface area contributed by atoms with Gasteiger partial charge < -0.3 is 10.8 Å². The average Bonchev–Trinajstić information content (AvgIpc) is 2.39. The lowest BCUT2D eigenvalue weighted by atomic mass is 9.96. The van der Waals surface area contributed by atoms with Gasteiger partial charge in [0.1, 0.15) is 17.7 Å². The van der Waals surface area contributed by atoms with E-state index >= 15 is 0 Å². The number of hydrogen-bond acceptors (Lipinski definition) is 3. The average molecular weight is 321 g/mol. The molecule has 8 heteroatoms. The number of alkyl halides is 3. The molecule has 0 spiro atoms. The number of aliphatic hydroxyl groups is 1. The number of pyridine rings is 1. The first-order valence-electron chi connectivity index (χ1n) is 5.66. The van der Waals surface area contributed by atoms with Crippen molar-refractivity contribution in [3.63, 3.8) is 0 Å². The molecule has 1 heterocycles. The van der Waals surface area contributed by atoms with Gasteiger partial charge in [0.2, 0.25) is 0 Å². The van der Waals surface area contributed by atoms with Crippen molar-refractivity contribution in [3.05, 3.63) is 58.0 Å². The Morgan fingerprint density at radius 3 is 2.48 bits per heavy atom. The highest BCUT2D eigenvalue weighted by Gasteiger charge is 2.36. The largest absolute Gasteiger partial charge is 0.416 e. The van der Waals surface area contributed by atoms with Crippen LogP contribution in [0.4, 0.5) is 23.4 Å². The molecule has 21 heavy (non-hydrogen) atoms. The van der Waals surface area contributed by atoms with E-state index in [1.807, 2.05) is 0 Å². The summed E-state index contributed by atoms with van der Waals surface area (Å²) in [5.74, 6) is -1.10. The van der Waals surface area contributed by atoms with Gasteiger partial charge >= 0.3 is 6.18 Å². The minimum Gasteiger partial charge on any atom is -0.383 e. The summed E-state index contributed by atoms with van der Waals surface area (Å²) in [6.07, 6.45) is -5.36. The van der Waals surface area contributed by atoms with Gasteiger partial charge in [-0.2, -0.15) is 13.2 Å². The molecule has 1 unspecified atom stereocenters. The molecule has 1 aromatic carbocycles. The highest BCUT2D eigenvalue weighted by molar-refractivity contribution is 6.30. The molecule has 0 saturated carbocycles. The molecule has 1 aromatic heterocycles. The third-order valence-electron chi connectivity index (χ3n) is 2.82. The summed E-state index contributed by atoms with van der Waals surface area (Å²) >= 11 is 5.68. The summed E-state index contributed by atoms with van der Waals surface area (Å²) in [5.41, 5.74) is 3.58. The number of hydrogen-bond donors (Lipinski definition) is 2. The van der Waals surface area contributed by atoms with Crippen LogP contribution in [0, 0.1) is 5.82 Å². The van der Waals surface area contributed by atoms with Gasteiger partial charge in [-0.3, -0.25) is 0 Å². The lowest BCUT2D eigenvalue weighted by molar-refractivity contribution is -0.139. The zero-order chi connectivity index (χ0) is 15.8. The molecule has 0 amide bonds. The van der Waals surface area contributed by atoms with Crippen molar-refractivity contribution in [2.75, 3.05) is 5.73 Å². The number of nitrogen functional groups attached to an aromatic ring is 1. The van der Waals surface area contributed by atoms with Crippen molar-refractivity contribution in [3.8, 4) is 0 Å². The van der Waals surface area contributed by atoms with Gasteiger partial charge in [0.05, 0.1) is 10.6 Å². The second kappa shape index (κ2) is 5.50. The summed E-state index contributed by atoms with van der Waals surface area (Å²) in [6.45, 7) is 0. The van der Waals surface area contributed by atoms with Gasteiger partial charge in [-0.1, -0.05) is 11.6 Å². The maximum Gasteiger partial charge on any atom is 0.416 e. The van der Waals surface area contributed by atoms with Gasteiger partial charge in [-0.25, -0.2) is 9.37 Å². The standard InChI is InChI=1S/C13H9ClF4N2O/c14-6-3-9(12(19)20-5-6)11(21)8-4-7(15)1-2-10(8)13(16,17)18/h1-5,11,21H,(H2,19,20). The van der Waals surface area contributed by atoms with Crippen LogP contribution < -0.4 is 5.73 Å². The first-order valence-corrected chi connectivity index (χ1v) is 6.03. The van der Waals surface area contributed by atoms with E-state index < -0.39 is 29.2 Å². The zero-order valence-corrected chi connectivity index (χ0v) is 11.1. The zero-order valence-electron chi connectivity index (χ0n) is 10.3. The van der Waals surface area contributed by atoms with Gasteiger partial charge in [0.25, 0.3) is 0 Å². The number of nitrogens with two attached hydrogens (primary N) is 1. The summed E-state index contributed by atoms with van der Waals surface area (Å²) < 4.78 is 52.0. The van der Waals surface area contributed by atoms with Crippen molar-refractivity contribution < 1.29 is 22.7 Å². The number of benzene rings is 1. The van der Waals surface area contributed by atoms with E-state index in [1.165, 1.54) is 12.3 Å². The van der Waals surface area contributed by atoms with E-state index in [2.05, 4.69) is 4.98 Å². The first-order chi connectivity index (χ1) is 9.70. The van der Waals surface area contributed by atoms with Crippen LogP contribution in [0.25, 0.3) is 0 Å². The van der Waals surface area contributed by atoms with Crippen LogP contribution in [-0.2, 0) is 6.18 Å². The minimum atomic E-state index is -4.75. The Kier molecular flexibility index (Phi) is 4.06. The van der Waals surface area contributed by atoms with Crippen molar-refractivity contribution in [1.29, 1.82) is 0 Å². The Balaban J connectivity index is 2.60. The van der Waals surface area contributed by atoms with Crippen molar-refractivity contribution in [2.24, 2.45) is 0 Å². The maximum absolute atomic E-state index is 13.2. The number of aliphatic hydroxyl groups excluding tert-OH is 1. The van der Waals surface area contributed by atoms with E-state index in [-0.39, 0.29) is 16.4 Å². The Hall–Kier alpha value is -1.86. The summed E-state index contributed by atoms with van der Waals surface area (Å²) in [6, 6.07) is 3.01. The lowest BCUT2D eigenvalue weighted by Crippen LogP contribution is -2.14. The molecule has 0 saturated heterocycles. The minimum absolute atomic E-state index is 0.0863. The Morgan fingerprint density at radius 2 is 1.86 bits per heavy atom. The smallest absolute Gasteiger partial charge is 0.383 e. The topological polar surface area (TPSA) is 59.1 Å². The molecule has 1 atom stereocenters. The molecular weight excluding hydrogens is 312 g/mol. The molecule has 0 bridgehead atoms. The monoisotopic (exact) mass is 320 g/mol. The quantitative estimate of drug-likeness (QED) is 0.832. The molecule has 3 nitrogen and oxygen atoms in total. The van der Waals surface area contributed by atoms with Crippen LogP contribution >= 0.6 is 11.6 Å². The van der Waals surface area contributed by atoms with E-state index in [4.69, 9.17) is 17.3 Å². The molecule has 0 aliphatic carbocycles. The molecule has 0 aliphatic heterocycles. The highest BCUT2D eigenvalue weighted by Crippen LogP contribution is 2.38. The van der Waals surface area contributed by atoms with Crippen LogP contribution in [0.15, 0.2) is 30.5 Å². The van der Waals surface area contributed by atoms with Gasteiger partial charge in [-0.05, 0) is 24.3 Å². The SMILES string of the molecule is Nc1ncc(Cl)cc1C(O)c1cc(F)ccc1C(F)(F)F. The fourth-order valence-electron chi connectivity index (χ4n) is 1.87. The number of rotatable bonds is 2. The first kappa shape index (κ1) is 15.5. The molecule has 0 aliphatic rings. The summed E-state index contributed by atoms with van der Waals surface area (Å²) in [7, 11) is 0. The van der Waals surface area contributed by atoms with Crippen molar-refractivity contribution in [2.45, 2.75) is 12.3 Å². The molecule has 3 N–H and O–H groups in total. The number of aromatic nitrogens is 1. The fourth-order valence-corrected chi connectivity index (χ4v) is 2.04. The van der Waals surface area contributed by atoms with E-state index in [0.717, 1.165) is 0 Å². The number of anilines is 1. The molecular formula is C13H9ClF4N2O. The third kappa shape index (κ3) is 3.25. The van der Waals surface area contributed by atoms with Crippen LogP contribution in [0.3, 0.4) is 0 Å². The van der Waals surface area contributed by atoms with E-state index in [0.29, 0.717) is 18.2 Å². The van der Waals surface area contributed by atoms with Crippen LogP contribution in [0.1, 0.15) is 22.8 Å². The summed E-state index contributed by atoms with van der Waals surface area (Å²) in [4.78, 5) is 3.65. The molecule has 0 radical (unpaired) electrons. The van der Waals surface area contributed by atoms with Gasteiger partial charge in [0, 0.05) is 17.3 Å². The Bertz CT molecular complexity index is 676. The maximum atomic E-state index is 13.2. The molecule has 112 valence electrons. The third-order valence-corrected chi connectivity index (χ3v) is 3.03. The molecule has 2 rings (SSSR count). The predicted molar refractivity (Wildman–Crippen MR) is 69.1 cm³/mol. The lowest BCUT2D eigenvalue weighted by Gasteiger charge is -2.19. The van der Waals surface area contributed by atoms with Crippen molar-refractivity contribution >= 4 is 17.4 Å². The number of nitrogens with zero attached hydrogens (tertiary/aromatic N) is 1. The second-order valence-corrected chi connectivity index (χ2v) is 4.70. The normalized spacial score (nSPS) is 13.2. The van der Waals surface area contributed by atoms with E-state index in [9.17, 15) is 22.7 Å². The van der Waals surface area contributed by atoms with Crippen LogP contribution in [-0.4, -0.2) is 10.1 Å². The Labute approximate surface area is 122 Å². The second-order valence-electron chi connectivity index (χ2n) is 4.26. The summed E-state index contributed by atoms with van der Waals surface area (Å²) in [5, 5.41) is 10.2. The van der Waals surface area contributed by atoms with Crippen molar-refractivity contribution in [1.82, 2.24) is 4.98 Å². The van der Waals surface area contributed by atoms with Crippen LogP contribution in [0.2, 0.25) is 5.02 Å². The highest BCUT2D eigenvalue weighted by atomic mass is 35.5. The van der Waals surface area contributed by atoms with Gasteiger partial charge in [0.15, 0.2) is 0 Å². The fraction of sp³-hybridized carbons (Fsp3) is 0.154. The number of halogens is 5. The van der Waals surface area contributed by atoms with Gasteiger partial charge in [-0.15, -0.1) is 0 Å². The van der Waals surface area contributed by atoms with Crippen LogP contribution in [0.5, 0.6) is 0 Å². The Morgan fingerprint density at radius 1 is 1.19 bits per heavy atom. The molecule has 2 aromatic rings. The predicted octanol–water partition coefficient (Wildman–Crippen LogP) is 3.56.